The summed E-state index contributed by atoms with van der Waals surface area (Å²) in [6, 6.07) is 8.28. The van der Waals surface area contributed by atoms with Crippen LogP contribution >= 0.6 is 0 Å². The van der Waals surface area contributed by atoms with Crippen LogP contribution in [0.4, 0.5) is 0 Å². The molecular weight excluding hydrogens is 252 g/mol. The normalized spacial score (nSPS) is 23.2. The van der Waals surface area contributed by atoms with Crippen molar-refractivity contribution in [2.45, 2.75) is 51.6 Å². The Morgan fingerprint density at radius 2 is 2.05 bits per heavy atom. The average molecular weight is 276 g/mol. The molecule has 1 aliphatic heterocycles. The SMILES string of the molecule is Cc1ccc([C@H](CC(=O)O)[C@@H]2CCOC(C)(C)C2)cc1. The van der Waals surface area contributed by atoms with Crippen molar-refractivity contribution in [3.63, 3.8) is 0 Å². The van der Waals surface area contributed by atoms with Gasteiger partial charge < -0.3 is 9.84 Å². The van der Waals surface area contributed by atoms with E-state index in [0.29, 0.717) is 5.92 Å². The van der Waals surface area contributed by atoms with Gasteiger partial charge >= 0.3 is 5.97 Å². The molecule has 1 aliphatic rings. The minimum atomic E-state index is -0.722. The second-order valence-corrected chi connectivity index (χ2v) is 6.48. The number of ether oxygens (including phenoxy) is 1. The lowest BCUT2D eigenvalue weighted by Crippen LogP contribution is -2.36. The maximum atomic E-state index is 11.2. The van der Waals surface area contributed by atoms with Gasteiger partial charge in [0.2, 0.25) is 0 Å². The molecule has 1 fully saturated rings. The van der Waals surface area contributed by atoms with E-state index in [2.05, 4.69) is 38.1 Å². The van der Waals surface area contributed by atoms with Crippen molar-refractivity contribution in [1.29, 1.82) is 0 Å². The first kappa shape index (κ1) is 15.0. The molecule has 0 amide bonds. The number of carboxylic acids is 1. The van der Waals surface area contributed by atoms with E-state index in [4.69, 9.17) is 4.74 Å². The predicted molar refractivity (Wildman–Crippen MR) is 78.9 cm³/mol. The first-order chi connectivity index (χ1) is 9.37. The highest BCUT2D eigenvalue weighted by molar-refractivity contribution is 5.68. The molecule has 110 valence electrons. The lowest BCUT2D eigenvalue weighted by atomic mass is 9.75. The fourth-order valence-corrected chi connectivity index (χ4v) is 3.18. The number of aliphatic carboxylic acids is 1. The molecular formula is C17H24O3. The minimum absolute atomic E-state index is 0.0799. The summed E-state index contributed by atoms with van der Waals surface area (Å²) in [7, 11) is 0. The molecule has 0 unspecified atom stereocenters. The van der Waals surface area contributed by atoms with E-state index < -0.39 is 5.97 Å². The summed E-state index contributed by atoms with van der Waals surface area (Å²) in [6.45, 7) is 6.95. The van der Waals surface area contributed by atoms with Gasteiger partial charge in [0, 0.05) is 6.61 Å². The topological polar surface area (TPSA) is 46.5 Å². The number of hydrogen-bond donors (Lipinski definition) is 1. The van der Waals surface area contributed by atoms with Crippen LogP contribution in [0.1, 0.15) is 50.2 Å². The van der Waals surface area contributed by atoms with E-state index in [1.54, 1.807) is 0 Å². The van der Waals surface area contributed by atoms with E-state index in [0.717, 1.165) is 25.0 Å². The number of rotatable bonds is 4. The molecule has 2 atom stereocenters. The summed E-state index contributed by atoms with van der Waals surface area (Å²) in [4.78, 5) is 11.2. The van der Waals surface area contributed by atoms with Gasteiger partial charge in [-0.1, -0.05) is 29.8 Å². The number of hydrogen-bond acceptors (Lipinski definition) is 2. The third-order valence-corrected chi connectivity index (χ3v) is 4.20. The van der Waals surface area contributed by atoms with Crippen LogP contribution in [-0.4, -0.2) is 23.3 Å². The van der Waals surface area contributed by atoms with Gasteiger partial charge in [-0.25, -0.2) is 0 Å². The summed E-state index contributed by atoms with van der Waals surface area (Å²) in [5.41, 5.74) is 2.19. The maximum Gasteiger partial charge on any atom is 0.303 e. The lowest BCUT2D eigenvalue weighted by molar-refractivity contribution is -0.138. The molecule has 0 aliphatic carbocycles. The Labute approximate surface area is 121 Å². The summed E-state index contributed by atoms with van der Waals surface area (Å²) >= 11 is 0. The van der Waals surface area contributed by atoms with Crippen LogP contribution in [0.2, 0.25) is 0 Å². The fourth-order valence-electron chi connectivity index (χ4n) is 3.18. The van der Waals surface area contributed by atoms with Gasteiger partial charge in [0.1, 0.15) is 0 Å². The van der Waals surface area contributed by atoms with Gasteiger partial charge in [0.25, 0.3) is 0 Å². The summed E-state index contributed by atoms with van der Waals surface area (Å²) in [6.07, 6.45) is 2.05. The van der Waals surface area contributed by atoms with Crippen molar-refractivity contribution in [3.8, 4) is 0 Å². The summed E-state index contributed by atoms with van der Waals surface area (Å²) < 4.78 is 5.76. The standard InChI is InChI=1S/C17H24O3/c1-12-4-6-13(7-5-12)15(10-16(18)19)14-8-9-20-17(2,3)11-14/h4-7,14-15H,8-11H2,1-3H3,(H,18,19)/t14-,15+/m1/s1. The smallest absolute Gasteiger partial charge is 0.303 e. The molecule has 1 aromatic rings. The summed E-state index contributed by atoms with van der Waals surface area (Å²) in [5, 5.41) is 9.23. The molecule has 3 heteroatoms. The van der Waals surface area contributed by atoms with Gasteiger partial charge in [-0.05, 0) is 51.0 Å². The largest absolute Gasteiger partial charge is 0.481 e. The number of carbonyl (C=O) groups is 1. The minimum Gasteiger partial charge on any atom is -0.481 e. The Bertz CT molecular complexity index is 462. The zero-order chi connectivity index (χ0) is 14.8. The molecule has 20 heavy (non-hydrogen) atoms. The van der Waals surface area contributed by atoms with Crippen LogP contribution in [-0.2, 0) is 9.53 Å². The molecule has 0 aromatic heterocycles. The molecule has 1 aromatic carbocycles. The van der Waals surface area contributed by atoms with Crippen LogP contribution in [0.3, 0.4) is 0 Å². The molecule has 1 saturated heterocycles. The molecule has 3 nitrogen and oxygen atoms in total. The van der Waals surface area contributed by atoms with Crippen molar-refractivity contribution in [1.82, 2.24) is 0 Å². The number of benzene rings is 1. The maximum absolute atomic E-state index is 11.2. The first-order valence-corrected chi connectivity index (χ1v) is 7.30. The van der Waals surface area contributed by atoms with Gasteiger partial charge in [0.15, 0.2) is 0 Å². The number of aryl methyl sites for hydroxylation is 1. The number of carboxylic acid groups (broad SMARTS) is 1. The van der Waals surface area contributed by atoms with E-state index in [1.807, 2.05) is 6.92 Å². The Kier molecular flexibility index (Phi) is 4.48. The Hall–Kier alpha value is -1.35. The van der Waals surface area contributed by atoms with Crippen LogP contribution in [0, 0.1) is 12.8 Å². The summed E-state index contributed by atoms with van der Waals surface area (Å²) in [5.74, 6) is -0.270. The molecule has 0 bridgehead atoms. The van der Waals surface area contributed by atoms with Gasteiger partial charge in [-0.15, -0.1) is 0 Å². The van der Waals surface area contributed by atoms with Crippen molar-refractivity contribution >= 4 is 5.97 Å². The second kappa shape index (κ2) is 5.96. The molecule has 0 spiro atoms. The van der Waals surface area contributed by atoms with Crippen LogP contribution in [0.25, 0.3) is 0 Å². The zero-order valence-electron chi connectivity index (χ0n) is 12.6. The highest BCUT2D eigenvalue weighted by atomic mass is 16.5. The third kappa shape index (κ3) is 3.83. The van der Waals surface area contributed by atoms with Crippen LogP contribution in [0.15, 0.2) is 24.3 Å². The van der Waals surface area contributed by atoms with E-state index in [9.17, 15) is 9.90 Å². The third-order valence-electron chi connectivity index (χ3n) is 4.20. The average Bonchev–Trinajstić information content (AvgIpc) is 2.36. The van der Waals surface area contributed by atoms with E-state index in [1.165, 1.54) is 5.56 Å². The Balaban J connectivity index is 2.23. The molecule has 1 N–H and O–H groups in total. The van der Waals surface area contributed by atoms with Crippen LogP contribution < -0.4 is 0 Å². The highest BCUT2D eigenvalue weighted by Gasteiger charge is 2.35. The lowest BCUT2D eigenvalue weighted by Gasteiger charge is -2.39. The van der Waals surface area contributed by atoms with Crippen molar-refractivity contribution < 1.29 is 14.6 Å². The van der Waals surface area contributed by atoms with E-state index >= 15 is 0 Å². The predicted octanol–water partition coefficient (Wildman–Crippen LogP) is 3.76. The molecule has 0 radical (unpaired) electrons. The zero-order valence-corrected chi connectivity index (χ0v) is 12.6. The Morgan fingerprint density at radius 3 is 2.60 bits per heavy atom. The first-order valence-electron chi connectivity index (χ1n) is 7.30. The van der Waals surface area contributed by atoms with Crippen molar-refractivity contribution in [3.05, 3.63) is 35.4 Å². The monoisotopic (exact) mass is 276 g/mol. The quantitative estimate of drug-likeness (QED) is 0.910. The van der Waals surface area contributed by atoms with Crippen molar-refractivity contribution in [2.75, 3.05) is 6.61 Å². The molecule has 0 saturated carbocycles. The van der Waals surface area contributed by atoms with Gasteiger partial charge in [-0.3, -0.25) is 4.79 Å². The van der Waals surface area contributed by atoms with Gasteiger partial charge in [0.05, 0.1) is 12.0 Å². The molecule has 1 heterocycles. The van der Waals surface area contributed by atoms with Crippen LogP contribution in [0.5, 0.6) is 0 Å². The second-order valence-electron chi connectivity index (χ2n) is 6.48. The Morgan fingerprint density at radius 1 is 1.40 bits per heavy atom. The van der Waals surface area contributed by atoms with E-state index in [-0.39, 0.29) is 17.9 Å². The molecule has 2 rings (SSSR count). The highest BCUT2D eigenvalue weighted by Crippen LogP contribution is 2.40. The van der Waals surface area contributed by atoms with Crippen molar-refractivity contribution in [2.24, 2.45) is 5.92 Å². The van der Waals surface area contributed by atoms with Gasteiger partial charge in [-0.2, -0.15) is 0 Å². The fraction of sp³-hybridized carbons (Fsp3) is 0.588.